The summed E-state index contributed by atoms with van der Waals surface area (Å²) < 4.78 is 0.944. The van der Waals surface area contributed by atoms with Crippen LogP contribution in [0.4, 0.5) is 0 Å². The molecule has 1 fully saturated rings. The largest absolute Gasteiger partial charge is 0.381 e. The topological polar surface area (TPSA) is 20.2 Å². The second kappa shape index (κ2) is 5.34. The molecule has 1 nitrogen and oxygen atoms in total. The van der Waals surface area contributed by atoms with Gasteiger partial charge in [0.2, 0.25) is 0 Å². The smallest absolute Gasteiger partial charge is 0.113 e. The van der Waals surface area contributed by atoms with Crippen LogP contribution in [0.5, 0.6) is 0 Å². The molecule has 2 aromatic carbocycles. The molecule has 3 rings (SSSR count). The number of rotatable bonds is 3. The Morgan fingerprint density at radius 2 is 1.85 bits per heavy atom. The van der Waals surface area contributed by atoms with E-state index in [1.54, 1.807) is 0 Å². The molecule has 1 saturated carbocycles. The highest BCUT2D eigenvalue weighted by Crippen LogP contribution is 2.39. The van der Waals surface area contributed by atoms with Gasteiger partial charge in [0.15, 0.2) is 0 Å². The summed E-state index contributed by atoms with van der Waals surface area (Å²) in [6.07, 6.45) is 3.89. The fourth-order valence-electron chi connectivity index (χ4n) is 2.85. The number of aliphatic hydroxyl groups is 1. The SMILES string of the molecule is CC(O)(c1cccc(C2CCC2)c1)c1ccccc1Br. The molecule has 0 bridgehead atoms. The lowest BCUT2D eigenvalue weighted by Crippen LogP contribution is -2.24. The monoisotopic (exact) mass is 330 g/mol. The molecule has 104 valence electrons. The molecule has 2 heteroatoms. The minimum absolute atomic E-state index is 0.685. The molecule has 0 saturated heterocycles. The van der Waals surface area contributed by atoms with E-state index in [2.05, 4.69) is 34.1 Å². The Hall–Kier alpha value is -1.12. The van der Waals surface area contributed by atoms with Gasteiger partial charge in [-0.25, -0.2) is 0 Å². The van der Waals surface area contributed by atoms with Crippen LogP contribution in [0.15, 0.2) is 53.0 Å². The first kappa shape index (κ1) is 13.8. The summed E-state index contributed by atoms with van der Waals surface area (Å²) in [5, 5.41) is 11.0. The molecule has 0 amide bonds. The predicted molar refractivity (Wildman–Crippen MR) is 85.8 cm³/mol. The number of benzene rings is 2. The first-order valence-electron chi connectivity index (χ1n) is 7.17. The lowest BCUT2D eigenvalue weighted by Gasteiger charge is -2.29. The first-order chi connectivity index (χ1) is 9.59. The Labute approximate surface area is 128 Å². The Morgan fingerprint density at radius 3 is 2.50 bits per heavy atom. The fourth-order valence-corrected chi connectivity index (χ4v) is 3.52. The van der Waals surface area contributed by atoms with Crippen LogP contribution in [0.25, 0.3) is 0 Å². The highest BCUT2D eigenvalue weighted by molar-refractivity contribution is 9.10. The van der Waals surface area contributed by atoms with Crippen molar-refractivity contribution in [2.24, 2.45) is 0 Å². The molecule has 1 aliphatic rings. The number of hydrogen-bond donors (Lipinski definition) is 1. The van der Waals surface area contributed by atoms with Gasteiger partial charge in [-0.05, 0) is 42.9 Å². The second-order valence-electron chi connectivity index (χ2n) is 5.81. The molecule has 0 aromatic heterocycles. The maximum atomic E-state index is 11.0. The van der Waals surface area contributed by atoms with Crippen LogP contribution in [0, 0.1) is 0 Å². The van der Waals surface area contributed by atoms with E-state index in [9.17, 15) is 5.11 Å². The van der Waals surface area contributed by atoms with E-state index in [1.807, 2.05) is 37.3 Å². The van der Waals surface area contributed by atoms with E-state index < -0.39 is 5.60 Å². The third kappa shape index (κ3) is 2.43. The molecule has 1 N–H and O–H groups in total. The molecular weight excluding hydrogens is 312 g/mol. The van der Waals surface area contributed by atoms with E-state index in [0.29, 0.717) is 5.92 Å². The van der Waals surface area contributed by atoms with Crippen molar-refractivity contribution in [1.29, 1.82) is 0 Å². The van der Waals surface area contributed by atoms with Crippen molar-refractivity contribution in [3.8, 4) is 0 Å². The average Bonchev–Trinajstić information content (AvgIpc) is 2.37. The molecule has 2 aromatic rings. The van der Waals surface area contributed by atoms with Crippen molar-refractivity contribution in [1.82, 2.24) is 0 Å². The highest BCUT2D eigenvalue weighted by Gasteiger charge is 2.29. The van der Waals surface area contributed by atoms with Crippen LogP contribution >= 0.6 is 15.9 Å². The third-order valence-electron chi connectivity index (χ3n) is 4.42. The maximum Gasteiger partial charge on any atom is 0.113 e. The minimum Gasteiger partial charge on any atom is -0.381 e. The Balaban J connectivity index is 2.00. The fraction of sp³-hybridized carbons (Fsp3) is 0.333. The molecule has 20 heavy (non-hydrogen) atoms. The van der Waals surface area contributed by atoms with E-state index in [-0.39, 0.29) is 0 Å². The third-order valence-corrected chi connectivity index (χ3v) is 5.12. The number of hydrogen-bond acceptors (Lipinski definition) is 1. The number of halogens is 1. The van der Waals surface area contributed by atoms with Gasteiger partial charge in [0.1, 0.15) is 5.60 Å². The Bertz CT molecular complexity index is 614. The van der Waals surface area contributed by atoms with Gasteiger partial charge in [-0.1, -0.05) is 64.8 Å². The van der Waals surface area contributed by atoms with Crippen molar-refractivity contribution < 1.29 is 5.11 Å². The summed E-state index contributed by atoms with van der Waals surface area (Å²) in [6, 6.07) is 16.3. The Kier molecular flexibility index (Phi) is 3.70. The van der Waals surface area contributed by atoms with Gasteiger partial charge in [0.25, 0.3) is 0 Å². The molecule has 0 heterocycles. The zero-order valence-electron chi connectivity index (χ0n) is 11.6. The summed E-state index contributed by atoms with van der Waals surface area (Å²) in [5.74, 6) is 0.685. The first-order valence-corrected chi connectivity index (χ1v) is 7.96. The normalized spacial score (nSPS) is 18.4. The van der Waals surface area contributed by atoms with Gasteiger partial charge in [0.05, 0.1) is 0 Å². The van der Waals surface area contributed by atoms with Crippen LogP contribution in [0.2, 0.25) is 0 Å². The molecule has 0 spiro atoms. The predicted octanol–water partition coefficient (Wildman–Crippen LogP) is 4.97. The van der Waals surface area contributed by atoms with E-state index in [1.165, 1.54) is 24.8 Å². The van der Waals surface area contributed by atoms with E-state index >= 15 is 0 Å². The summed E-state index contributed by atoms with van der Waals surface area (Å²) in [5.41, 5.74) is 2.26. The van der Waals surface area contributed by atoms with Crippen molar-refractivity contribution in [2.75, 3.05) is 0 Å². The molecule has 1 unspecified atom stereocenters. The maximum absolute atomic E-state index is 11.0. The lowest BCUT2D eigenvalue weighted by molar-refractivity contribution is 0.101. The molecule has 1 atom stereocenters. The lowest BCUT2D eigenvalue weighted by atomic mass is 9.78. The highest BCUT2D eigenvalue weighted by atomic mass is 79.9. The van der Waals surface area contributed by atoms with E-state index in [0.717, 1.165) is 15.6 Å². The zero-order valence-corrected chi connectivity index (χ0v) is 13.2. The molecule has 0 radical (unpaired) electrons. The molecule has 1 aliphatic carbocycles. The van der Waals surface area contributed by atoms with Crippen molar-refractivity contribution >= 4 is 15.9 Å². The molecular formula is C18H19BrO. The van der Waals surface area contributed by atoms with Gasteiger partial charge in [-0.15, -0.1) is 0 Å². The van der Waals surface area contributed by atoms with E-state index in [4.69, 9.17) is 0 Å². The van der Waals surface area contributed by atoms with Crippen LogP contribution in [-0.2, 0) is 5.60 Å². The van der Waals surface area contributed by atoms with Crippen molar-refractivity contribution in [3.05, 3.63) is 69.7 Å². The summed E-state index contributed by atoms with van der Waals surface area (Å²) in [4.78, 5) is 0. The van der Waals surface area contributed by atoms with Crippen molar-refractivity contribution in [3.63, 3.8) is 0 Å². The summed E-state index contributed by atoms with van der Waals surface area (Å²) in [7, 11) is 0. The quantitative estimate of drug-likeness (QED) is 0.842. The minimum atomic E-state index is -0.972. The molecule has 0 aliphatic heterocycles. The zero-order chi connectivity index (χ0) is 14.2. The van der Waals surface area contributed by atoms with Crippen LogP contribution < -0.4 is 0 Å². The second-order valence-corrected chi connectivity index (χ2v) is 6.66. The van der Waals surface area contributed by atoms with Gasteiger partial charge >= 0.3 is 0 Å². The average molecular weight is 331 g/mol. The summed E-state index contributed by atoms with van der Waals surface area (Å²) in [6.45, 7) is 1.87. The van der Waals surface area contributed by atoms with Gasteiger partial charge in [-0.2, -0.15) is 0 Å². The van der Waals surface area contributed by atoms with Gasteiger partial charge < -0.3 is 5.11 Å². The summed E-state index contributed by atoms with van der Waals surface area (Å²) >= 11 is 3.54. The van der Waals surface area contributed by atoms with Crippen molar-refractivity contribution in [2.45, 2.75) is 37.7 Å². The van der Waals surface area contributed by atoms with Gasteiger partial charge in [-0.3, -0.25) is 0 Å². The van der Waals surface area contributed by atoms with Gasteiger partial charge in [0, 0.05) is 10.0 Å². The van der Waals surface area contributed by atoms with Crippen LogP contribution in [0.1, 0.15) is 48.8 Å². The van der Waals surface area contributed by atoms with Crippen LogP contribution in [-0.4, -0.2) is 5.11 Å². The van der Waals surface area contributed by atoms with Crippen LogP contribution in [0.3, 0.4) is 0 Å². The standard InChI is InChI=1S/C18H19BrO/c1-18(20,16-10-2-3-11-17(16)19)15-9-5-8-14(12-15)13-6-4-7-13/h2-3,5,8-13,20H,4,6-7H2,1H3. The Morgan fingerprint density at radius 1 is 1.10 bits per heavy atom.